The molecule has 39 heavy (non-hydrogen) atoms. The third kappa shape index (κ3) is 4.24. The van der Waals surface area contributed by atoms with Gasteiger partial charge in [0, 0.05) is 30.1 Å². The van der Waals surface area contributed by atoms with Gasteiger partial charge >= 0.3 is 0 Å². The first-order valence-electron chi connectivity index (χ1n) is 12.8. The molecule has 2 aliphatic heterocycles. The fourth-order valence-electron chi connectivity index (χ4n) is 5.99. The lowest BCUT2D eigenvalue weighted by atomic mass is 9.79. The maximum absolute atomic E-state index is 14.0. The molecule has 0 radical (unpaired) electrons. The molecule has 3 heterocycles. The summed E-state index contributed by atoms with van der Waals surface area (Å²) in [7, 11) is 0. The molecule has 2 aromatic carbocycles. The highest BCUT2D eigenvalue weighted by atomic mass is 19.1. The average molecular weight is 532 g/mol. The topological polar surface area (TPSA) is 103 Å². The Morgan fingerprint density at radius 1 is 1.08 bits per heavy atom. The van der Waals surface area contributed by atoms with Gasteiger partial charge in [0.2, 0.25) is 17.7 Å². The van der Waals surface area contributed by atoms with Crippen LogP contribution in [-0.2, 0) is 32.6 Å². The van der Waals surface area contributed by atoms with Crippen molar-refractivity contribution in [1.29, 1.82) is 0 Å². The number of nitrogens with one attached hydrogen (secondary N) is 3. The van der Waals surface area contributed by atoms with Crippen molar-refractivity contribution >= 4 is 29.2 Å². The molecular weight excluding hydrogens is 504 g/mol. The maximum Gasteiger partial charge on any atom is 0.244 e. The third-order valence-electron chi connectivity index (χ3n) is 7.96. The third-order valence-corrected chi connectivity index (χ3v) is 7.96. The van der Waals surface area contributed by atoms with Crippen LogP contribution in [0.1, 0.15) is 42.1 Å². The largest absolute Gasteiger partial charge is 0.325 e. The monoisotopic (exact) mass is 531 g/mol. The molecule has 8 nitrogen and oxygen atoms in total. The summed E-state index contributed by atoms with van der Waals surface area (Å²) in [5.41, 5.74) is 1.98. The predicted octanol–water partition coefficient (Wildman–Crippen LogP) is 3.24. The van der Waals surface area contributed by atoms with E-state index in [1.165, 1.54) is 17.0 Å². The van der Waals surface area contributed by atoms with Gasteiger partial charge in [-0.15, -0.1) is 0 Å². The van der Waals surface area contributed by atoms with Gasteiger partial charge in [0.25, 0.3) is 0 Å². The zero-order valence-electron chi connectivity index (χ0n) is 21.5. The van der Waals surface area contributed by atoms with Crippen molar-refractivity contribution in [3.63, 3.8) is 0 Å². The van der Waals surface area contributed by atoms with Gasteiger partial charge in [-0.3, -0.25) is 14.4 Å². The molecule has 10 heteroatoms. The highest BCUT2D eigenvalue weighted by Gasteiger charge is 2.51. The normalized spacial score (nSPS) is 23.0. The Labute approximate surface area is 223 Å². The van der Waals surface area contributed by atoms with Crippen molar-refractivity contribution < 1.29 is 23.2 Å². The van der Waals surface area contributed by atoms with Gasteiger partial charge in [0.05, 0.1) is 17.0 Å². The molecule has 0 saturated carbocycles. The number of benzene rings is 2. The summed E-state index contributed by atoms with van der Waals surface area (Å²) >= 11 is 0. The number of carbonyl (C=O) groups is 3. The number of aromatic nitrogens is 1. The molecule has 200 valence electrons. The fraction of sp³-hybridized carbons (Fsp3) is 0.310. The maximum atomic E-state index is 14.0. The second-order valence-electron chi connectivity index (χ2n) is 11.0. The van der Waals surface area contributed by atoms with Crippen molar-refractivity contribution in [1.82, 2.24) is 15.2 Å². The van der Waals surface area contributed by atoms with Gasteiger partial charge in [-0.1, -0.05) is 12.1 Å². The van der Waals surface area contributed by atoms with Gasteiger partial charge in [0.1, 0.15) is 24.0 Å². The summed E-state index contributed by atoms with van der Waals surface area (Å²) < 4.78 is 27.9. The number of anilines is 2. The van der Waals surface area contributed by atoms with E-state index in [9.17, 15) is 23.2 Å². The molecule has 3 N–H and O–H groups in total. The zero-order valence-corrected chi connectivity index (χ0v) is 21.5. The SMILES string of the molecule is CC1(C)NC[C@@H](c2cc(F)cc(F)c2)N(CC(=O)Nc2ccc3c(c2)C[C@@]2(C3)C(=O)Nc3ncccc32)C1=O. The summed E-state index contributed by atoms with van der Waals surface area (Å²) in [6, 6.07) is 11.7. The van der Waals surface area contributed by atoms with E-state index < -0.39 is 34.5 Å². The highest BCUT2D eigenvalue weighted by Crippen LogP contribution is 2.47. The van der Waals surface area contributed by atoms with E-state index in [2.05, 4.69) is 20.9 Å². The van der Waals surface area contributed by atoms with Crippen LogP contribution in [-0.4, -0.2) is 46.2 Å². The van der Waals surface area contributed by atoms with Crippen LogP contribution in [0, 0.1) is 11.6 Å². The lowest BCUT2D eigenvalue weighted by Gasteiger charge is -2.43. The molecule has 0 unspecified atom stereocenters. The van der Waals surface area contributed by atoms with Crippen LogP contribution in [0.4, 0.5) is 20.3 Å². The molecule has 0 bridgehead atoms. The van der Waals surface area contributed by atoms with Crippen LogP contribution >= 0.6 is 0 Å². The minimum Gasteiger partial charge on any atom is -0.325 e. The van der Waals surface area contributed by atoms with Crippen molar-refractivity contribution in [2.75, 3.05) is 23.7 Å². The Hall–Kier alpha value is -4.18. The van der Waals surface area contributed by atoms with Gasteiger partial charge in [-0.25, -0.2) is 13.8 Å². The van der Waals surface area contributed by atoms with Crippen LogP contribution < -0.4 is 16.0 Å². The van der Waals surface area contributed by atoms with E-state index >= 15 is 0 Å². The van der Waals surface area contributed by atoms with Crippen molar-refractivity contribution in [2.45, 2.75) is 43.7 Å². The van der Waals surface area contributed by atoms with E-state index in [0.717, 1.165) is 22.8 Å². The van der Waals surface area contributed by atoms with Gasteiger partial charge in [-0.05, 0) is 73.7 Å². The number of carbonyl (C=O) groups excluding carboxylic acids is 3. The molecular formula is C29H27F2N5O3. The summed E-state index contributed by atoms with van der Waals surface area (Å²) in [5, 5.41) is 8.85. The summed E-state index contributed by atoms with van der Waals surface area (Å²) in [6.07, 6.45) is 2.67. The first kappa shape index (κ1) is 25.1. The number of pyridine rings is 1. The van der Waals surface area contributed by atoms with E-state index in [0.29, 0.717) is 24.3 Å². The molecule has 1 spiro atoms. The number of halogens is 2. The van der Waals surface area contributed by atoms with Crippen molar-refractivity contribution in [2.24, 2.45) is 0 Å². The van der Waals surface area contributed by atoms with E-state index in [-0.39, 0.29) is 30.5 Å². The van der Waals surface area contributed by atoms with E-state index in [1.807, 2.05) is 24.3 Å². The molecule has 2 atom stereocenters. The van der Waals surface area contributed by atoms with Gasteiger partial charge in [-0.2, -0.15) is 0 Å². The first-order chi connectivity index (χ1) is 18.6. The summed E-state index contributed by atoms with van der Waals surface area (Å²) in [5.74, 6) is -1.80. The van der Waals surface area contributed by atoms with Crippen LogP contribution in [0.2, 0.25) is 0 Å². The number of hydrogen-bond acceptors (Lipinski definition) is 5. The molecule has 1 fully saturated rings. The van der Waals surface area contributed by atoms with Crippen LogP contribution in [0.5, 0.6) is 0 Å². The lowest BCUT2D eigenvalue weighted by Crippen LogP contribution is -2.63. The molecule has 3 amide bonds. The van der Waals surface area contributed by atoms with Crippen LogP contribution in [0.25, 0.3) is 0 Å². The van der Waals surface area contributed by atoms with Crippen molar-refractivity contribution in [3.8, 4) is 0 Å². The fourth-order valence-corrected chi connectivity index (χ4v) is 5.99. The molecule has 1 aliphatic carbocycles. The molecule has 6 rings (SSSR count). The second-order valence-corrected chi connectivity index (χ2v) is 11.0. The average Bonchev–Trinajstić information content (AvgIpc) is 3.38. The van der Waals surface area contributed by atoms with Crippen molar-refractivity contribution in [3.05, 3.63) is 88.6 Å². The summed E-state index contributed by atoms with van der Waals surface area (Å²) in [6.45, 7) is 3.33. The number of nitrogens with zero attached hydrogens (tertiary/aromatic N) is 2. The van der Waals surface area contributed by atoms with Crippen LogP contribution in [0.15, 0.2) is 54.7 Å². The minimum atomic E-state index is -0.947. The second kappa shape index (κ2) is 8.94. The number of hydrogen-bond donors (Lipinski definition) is 3. The highest BCUT2D eigenvalue weighted by molar-refractivity contribution is 6.06. The van der Waals surface area contributed by atoms with Gasteiger partial charge in [0.15, 0.2) is 0 Å². The molecule has 1 aromatic heterocycles. The molecule has 3 aliphatic rings. The Bertz CT molecular complexity index is 1520. The van der Waals surface area contributed by atoms with E-state index in [4.69, 9.17) is 0 Å². The smallest absolute Gasteiger partial charge is 0.244 e. The Kier molecular flexibility index (Phi) is 5.76. The summed E-state index contributed by atoms with van der Waals surface area (Å²) in [4.78, 5) is 45.1. The lowest BCUT2D eigenvalue weighted by molar-refractivity contribution is -0.146. The first-order valence-corrected chi connectivity index (χ1v) is 12.8. The zero-order chi connectivity index (χ0) is 27.5. The quantitative estimate of drug-likeness (QED) is 0.480. The number of fused-ring (bicyclic) bond motifs is 3. The number of amides is 3. The molecule has 1 saturated heterocycles. The predicted molar refractivity (Wildman–Crippen MR) is 140 cm³/mol. The Morgan fingerprint density at radius 2 is 1.82 bits per heavy atom. The minimum absolute atomic E-state index is 0.0855. The Morgan fingerprint density at radius 3 is 2.59 bits per heavy atom. The van der Waals surface area contributed by atoms with Gasteiger partial charge < -0.3 is 20.9 Å². The number of rotatable bonds is 4. The number of piperazine rings is 1. The standard InChI is InChI=1S/C29H27F2N5O3/c1-28(2)27(39)36(23(14-33-28)17-8-19(30)11-20(31)9-17)15-24(37)34-21-6-5-16-12-29(13-18(16)10-21)22-4-3-7-32-25(22)35-26(29)38/h3-11,23,33H,12-15H2,1-2H3,(H,34,37)(H,32,35,38)/t23-,29+/m0/s1. The Balaban J connectivity index is 1.22. The van der Waals surface area contributed by atoms with Crippen LogP contribution in [0.3, 0.4) is 0 Å². The molecule has 3 aromatic rings. The van der Waals surface area contributed by atoms with E-state index in [1.54, 1.807) is 26.1 Å².